The minimum absolute atomic E-state index is 0.0996. The molecule has 2 N–H and O–H groups in total. The molecule has 1 rings (SSSR count). The number of benzene rings is 1. The number of para-hydroxylation sites is 1. The largest absolute Gasteiger partial charge is 0.393 e. The lowest BCUT2D eigenvalue weighted by Gasteiger charge is -2.08. The van der Waals surface area contributed by atoms with E-state index in [1.165, 1.54) is 6.07 Å². The van der Waals surface area contributed by atoms with E-state index in [2.05, 4.69) is 0 Å². The molecule has 0 atom stereocenters. The van der Waals surface area contributed by atoms with Crippen molar-refractivity contribution in [1.82, 2.24) is 0 Å². The van der Waals surface area contributed by atoms with Crippen LogP contribution in [0.3, 0.4) is 0 Å². The molecule has 0 aliphatic carbocycles. The molecule has 0 heterocycles. The van der Waals surface area contributed by atoms with Gasteiger partial charge in [0.1, 0.15) is 5.69 Å². The van der Waals surface area contributed by atoms with Crippen LogP contribution in [0, 0.1) is 10.1 Å². The first kappa shape index (κ1) is 15.4. The number of methoxy groups -OCH3 is 1. The summed E-state index contributed by atoms with van der Waals surface area (Å²) in [5.74, 6) is 0. The van der Waals surface area contributed by atoms with Gasteiger partial charge in [0.15, 0.2) is 0 Å². The molecular formula is C12H18N2O5. The normalized spacial score (nSPS) is 10.6. The zero-order valence-electron chi connectivity index (χ0n) is 10.8. The molecule has 0 saturated heterocycles. The van der Waals surface area contributed by atoms with Crippen LogP contribution in [0.2, 0.25) is 0 Å². The van der Waals surface area contributed by atoms with Crippen LogP contribution in [0.15, 0.2) is 18.2 Å². The number of hydrogen-bond donors (Lipinski definition) is 1. The Balaban J connectivity index is 2.33. The van der Waals surface area contributed by atoms with Gasteiger partial charge in [-0.1, -0.05) is 12.1 Å². The second-order valence-corrected chi connectivity index (χ2v) is 3.76. The lowest BCUT2D eigenvalue weighted by Crippen LogP contribution is -2.09. The van der Waals surface area contributed by atoms with E-state index < -0.39 is 4.92 Å². The van der Waals surface area contributed by atoms with Crippen molar-refractivity contribution in [2.75, 3.05) is 39.3 Å². The molecule has 0 bridgehead atoms. The second-order valence-electron chi connectivity index (χ2n) is 3.76. The maximum absolute atomic E-state index is 10.7. The van der Waals surface area contributed by atoms with Gasteiger partial charge in [0.05, 0.1) is 38.0 Å². The summed E-state index contributed by atoms with van der Waals surface area (Å²) in [5, 5.41) is 10.7. The predicted molar refractivity (Wildman–Crippen MR) is 69.9 cm³/mol. The van der Waals surface area contributed by atoms with Gasteiger partial charge in [-0.25, -0.2) is 0 Å². The van der Waals surface area contributed by atoms with E-state index in [9.17, 15) is 10.1 Å². The standard InChI is InChI=1S/C12H18N2O5/c1-17-5-6-18-7-8-19-9-10-3-2-4-11(12(10)13)14(15)16/h2-4H,5-9,13H2,1H3. The van der Waals surface area contributed by atoms with Gasteiger partial charge in [-0.05, 0) is 0 Å². The fourth-order valence-electron chi connectivity index (χ4n) is 1.43. The van der Waals surface area contributed by atoms with E-state index in [-0.39, 0.29) is 18.0 Å². The summed E-state index contributed by atoms with van der Waals surface area (Å²) in [6, 6.07) is 4.66. The Morgan fingerprint density at radius 1 is 1.21 bits per heavy atom. The molecule has 19 heavy (non-hydrogen) atoms. The zero-order valence-corrected chi connectivity index (χ0v) is 10.8. The highest BCUT2D eigenvalue weighted by atomic mass is 16.6. The van der Waals surface area contributed by atoms with Crippen LogP contribution in [0.5, 0.6) is 0 Å². The molecule has 0 aromatic heterocycles. The van der Waals surface area contributed by atoms with Crippen molar-refractivity contribution in [2.24, 2.45) is 0 Å². The van der Waals surface area contributed by atoms with Crippen molar-refractivity contribution in [3.05, 3.63) is 33.9 Å². The van der Waals surface area contributed by atoms with E-state index >= 15 is 0 Å². The van der Waals surface area contributed by atoms with E-state index in [1.807, 2.05) is 0 Å². The van der Waals surface area contributed by atoms with Crippen LogP contribution >= 0.6 is 0 Å². The molecule has 0 spiro atoms. The number of nitro groups is 1. The molecular weight excluding hydrogens is 252 g/mol. The molecule has 0 radical (unpaired) electrons. The summed E-state index contributed by atoms with van der Waals surface area (Å²) in [7, 11) is 1.60. The third kappa shape index (κ3) is 5.21. The van der Waals surface area contributed by atoms with Gasteiger partial charge in [-0.3, -0.25) is 10.1 Å². The van der Waals surface area contributed by atoms with Crippen molar-refractivity contribution in [2.45, 2.75) is 6.61 Å². The van der Waals surface area contributed by atoms with Gasteiger partial charge in [0.25, 0.3) is 5.69 Å². The topological polar surface area (TPSA) is 96.8 Å². The van der Waals surface area contributed by atoms with Crippen LogP contribution in [-0.2, 0) is 20.8 Å². The zero-order chi connectivity index (χ0) is 14.1. The second kappa shape index (κ2) is 8.41. The van der Waals surface area contributed by atoms with Crippen molar-refractivity contribution >= 4 is 11.4 Å². The van der Waals surface area contributed by atoms with Crippen LogP contribution in [0.25, 0.3) is 0 Å². The van der Waals surface area contributed by atoms with Crippen LogP contribution < -0.4 is 5.73 Å². The predicted octanol–water partition coefficient (Wildman–Crippen LogP) is 1.36. The van der Waals surface area contributed by atoms with Crippen molar-refractivity contribution in [3.63, 3.8) is 0 Å². The number of nitrogens with zero attached hydrogens (tertiary/aromatic N) is 1. The third-order valence-corrected chi connectivity index (χ3v) is 2.43. The monoisotopic (exact) mass is 270 g/mol. The van der Waals surface area contributed by atoms with Crippen LogP contribution in [0.4, 0.5) is 11.4 Å². The number of ether oxygens (including phenoxy) is 3. The Morgan fingerprint density at radius 3 is 2.58 bits per heavy atom. The van der Waals surface area contributed by atoms with Crippen molar-refractivity contribution in [3.8, 4) is 0 Å². The van der Waals surface area contributed by atoms with Gasteiger partial charge in [-0.15, -0.1) is 0 Å². The van der Waals surface area contributed by atoms with Crippen molar-refractivity contribution in [1.29, 1.82) is 0 Å². The molecule has 106 valence electrons. The Hall–Kier alpha value is -1.70. The van der Waals surface area contributed by atoms with E-state index in [0.29, 0.717) is 32.0 Å². The molecule has 0 amide bonds. The first-order valence-corrected chi connectivity index (χ1v) is 5.83. The maximum Gasteiger partial charge on any atom is 0.292 e. The minimum atomic E-state index is -0.507. The van der Waals surface area contributed by atoms with Gasteiger partial charge >= 0.3 is 0 Å². The lowest BCUT2D eigenvalue weighted by atomic mass is 10.1. The molecule has 0 fully saturated rings. The molecule has 1 aromatic carbocycles. The van der Waals surface area contributed by atoms with E-state index in [4.69, 9.17) is 19.9 Å². The summed E-state index contributed by atoms with van der Waals surface area (Å²) >= 11 is 0. The summed E-state index contributed by atoms with van der Waals surface area (Å²) in [5.41, 5.74) is 6.34. The van der Waals surface area contributed by atoms with Crippen molar-refractivity contribution < 1.29 is 19.1 Å². The third-order valence-electron chi connectivity index (χ3n) is 2.43. The number of nitrogens with two attached hydrogens (primary N) is 1. The number of nitro benzene ring substituents is 1. The van der Waals surface area contributed by atoms with E-state index in [1.54, 1.807) is 19.2 Å². The molecule has 0 unspecified atom stereocenters. The smallest absolute Gasteiger partial charge is 0.292 e. The molecule has 0 saturated carbocycles. The summed E-state index contributed by atoms with van der Waals surface area (Å²) in [6.45, 7) is 2.11. The molecule has 0 aliphatic rings. The Bertz CT molecular complexity index is 411. The fourth-order valence-corrected chi connectivity index (χ4v) is 1.43. The Morgan fingerprint density at radius 2 is 1.89 bits per heavy atom. The minimum Gasteiger partial charge on any atom is -0.393 e. The SMILES string of the molecule is COCCOCCOCc1cccc([N+](=O)[O-])c1N. The number of nitrogen functional groups attached to an aromatic ring is 1. The first-order valence-electron chi connectivity index (χ1n) is 5.83. The Labute approximate surface area is 111 Å². The van der Waals surface area contributed by atoms with E-state index in [0.717, 1.165) is 0 Å². The summed E-state index contributed by atoms with van der Waals surface area (Å²) in [6.07, 6.45) is 0. The summed E-state index contributed by atoms with van der Waals surface area (Å²) in [4.78, 5) is 10.2. The molecule has 1 aromatic rings. The molecule has 7 nitrogen and oxygen atoms in total. The number of rotatable bonds is 9. The molecule has 0 aliphatic heterocycles. The van der Waals surface area contributed by atoms with Crippen LogP contribution in [0.1, 0.15) is 5.56 Å². The maximum atomic E-state index is 10.7. The summed E-state index contributed by atoms with van der Waals surface area (Å²) < 4.78 is 15.4. The number of anilines is 1. The average Bonchev–Trinajstić information content (AvgIpc) is 2.39. The highest BCUT2D eigenvalue weighted by Crippen LogP contribution is 2.25. The van der Waals surface area contributed by atoms with Gasteiger partial charge in [-0.2, -0.15) is 0 Å². The number of hydrogen-bond acceptors (Lipinski definition) is 6. The van der Waals surface area contributed by atoms with Crippen LogP contribution in [-0.4, -0.2) is 38.5 Å². The fraction of sp³-hybridized carbons (Fsp3) is 0.500. The van der Waals surface area contributed by atoms with Gasteiger partial charge in [0.2, 0.25) is 0 Å². The van der Waals surface area contributed by atoms with Gasteiger partial charge < -0.3 is 19.9 Å². The highest BCUT2D eigenvalue weighted by molar-refractivity contribution is 5.62. The lowest BCUT2D eigenvalue weighted by molar-refractivity contribution is -0.384. The van der Waals surface area contributed by atoms with Gasteiger partial charge in [0, 0.05) is 18.7 Å². The quantitative estimate of drug-likeness (QED) is 0.315. The average molecular weight is 270 g/mol. The Kier molecular flexibility index (Phi) is 6.80. The highest BCUT2D eigenvalue weighted by Gasteiger charge is 2.13. The first-order chi connectivity index (χ1) is 9.16. The molecule has 7 heteroatoms.